The van der Waals surface area contributed by atoms with Crippen LogP contribution in [-0.2, 0) is 12.0 Å². The molecule has 1 N–H and O–H groups in total. The van der Waals surface area contributed by atoms with Crippen LogP contribution in [0.25, 0.3) is 0 Å². The summed E-state index contributed by atoms with van der Waals surface area (Å²) in [5.74, 6) is 0.898. The van der Waals surface area contributed by atoms with Crippen LogP contribution in [0, 0.1) is 5.41 Å². The van der Waals surface area contributed by atoms with Gasteiger partial charge in [-0.2, -0.15) is 0 Å². The lowest BCUT2D eigenvalue weighted by atomic mass is 9.59. The van der Waals surface area contributed by atoms with Gasteiger partial charge in [0.2, 0.25) is 0 Å². The fourth-order valence-electron chi connectivity index (χ4n) is 5.05. The Bertz CT molecular complexity index is 1110. The van der Waals surface area contributed by atoms with Crippen LogP contribution in [0.5, 0.6) is 5.75 Å². The van der Waals surface area contributed by atoms with Gasteiger partial charge in [-0.05, 0) is 91.5 Å². The molecule has 0 bridgehead atoms. The van der Waals surface area contributed by atoms with Gasteiger partial charge in [0.05, 0.1) is 5.69 Å². The van der Waals surface area contributed by atoms with E-state index in [-0.39, 0.29) is 11.3 Å². The fourth-order valence-corrected chi connectivity index (χ4v) is 5.05. The first-order valence-corrected chi connectivity index (χ1v) is 12.5. The summed E-state index contributed by atoms with van der Waals surface area (Å²) in [5.41, 5.74) is 4.61. The van der Waals surface area contributed by atoms with Crippen molar-refractivity contribution < 1.29 is 9.53 Å². The van der Waals surface area contributed by atoms with Crippen molar-refractivity contribution in [1.82, 2.24) is 10.3 Å². The number of benzene rings is 2. The summed E-state index contributed by atoms with van der Waals surface area (Å²) < 4.78 is 5.98. The number of amides is 1. The number of carbonyl (C=O) groups excluding carboxylic acids is 1. The van der Waals surface area contributed by atoms with Gasteiger partial charge in [0.25, 0.3) is 5.91 Å². The molecule has 0 unspecified atom stereocenters. The van der Waals surface area contributed by atoms with E-state index in [0.29, 0.717) is 18.1 Å². The van der Waals surface area contributed by atoms with Gasteiger partial charge in [0, 0.05) is 23.2 Å². The molecule has 176 valence electrons. The minimum atomic E-state index is -0.0411. The van der Waals surface area contributed by atoms with Gasteiger partial charge in [0.1, 0.15) is 12.4 Å². The fraction of sp³-hybridized carbons (Fsp3) is 0.400. The SMILES string of the molecule is CC1(C)CCC(c2ccc(OCc3ccccn3)cc2)(c2ccc(C(=O)NC3CC3)cc2)CC1. The van der Waals surface area contributed by atoms with Crippen LogP contribution in [-0.4, -0.2) is 16.9 Å². The third-order valence-corrected chi connectivity index (χ3v) is 7.59. The molecule has 3 aromatic rings. The molecule has 1 aromatic heterocycles. The number of hydrogen-bond donors (Lipinski definition) is 1. The summed E-state index contributed by atoms with van der Waals surface area (Å²) in [7, 11) is 0. The van der Waals surface area contributed by atoms with Crippen molar-refractivity contribution in [2.75, 3.05) is 0 Å². The van der Waals surface area contributed by atoms with E-state index < -0.39 is 0 Å². The van der Waals surface area contributed by atoms with Crippen LogP contribution in [0.2, 0.25) is 0 Å². The third-order valence-electron chi connectivity index (χ3n) is 7.59. The number of carbonyl (C=O) groups is 1. The number of hydrogen-bond acceptors (Lipinski definition) is 3. The summed E-state index contributed by atoms with van der Waals surface area (Å²) in [4.78, 5) is 16.8. The van der Waals surface area contributed by atoms with Gasteiger partial charge < -0.3 is 10.1 Å². The summed E-state index contributed by atoms with van der Waals surface area (Å²) >= 11 is 0. The summed E-state index contributed by atoms with van der Waals surface area (Å²) in [6.45, 7) is 5.21. The highest BCUT2D eigenvalue weighted by Crippen LogP contribution is 2.50. The number of ether oxygens (including phenoxy) is 1. The minimum absolute atomic E-state index is 0.0411. The lowest BCUT2D eigenvalue weighted by Gasteiger charge is -2.44. The van der Waals surface area contributed by atoms with Gasteiger partial charge in [-0.3, -0.25) is 9.78 Å². The second-order valence-electron chi connectivity index (χ2n) is 10.7. The highest BCUT2D eigenvalue weighted by atomic mass is 16.5. The number of aromatic nitrogens is 1. The Balaban J connectivity index is 1.37. The molecule has 0 saturated heterocycles. The van der Waals surface area contributed by atoms with E-state index >= 15 is 0 Å². The van der Waals surface area contributed by atoms with Crippen LogP contribution < -0.4 is 10.1 Å². The predicted octanol–water partition coefficient (Wildman–Crippen LogP) is 6.44. The molecule has 5 rings (SSSR count). The van der Waals surface area contributed by atoms with E-state index in [2.05, 4.69) is 60.5 Å². The van der Waals surface area contributed by atoms with Crippen molar-refractivity contribution in [1.29, 1.82) is 0 Å². The Labute approximate surface area is 202 Å². The van der Waals surface area contributed by atoms with Gasteiger partial charge in [0.15, 0.2) is 0 Å². The quantitative estimate of drug-likeness (QED) is 0.447. The van der Waals surface area contributed by atoms with Crippen molar-refractivity contribution in [2.24, 2.45) is 5.41 Å². The molecule has 2 aromatic carbocycles. The van der Waals surface area contributed by atoms with Crippen molar-refractivity contribution in [3.63, 3.8) is 0 Å². The first-order chi connectivity index (χ1) is 16.4. The van der Waals surface area contributed by atoms with E-state index in [4.69, 9.17) is 4.74 Å². The maximum atomic E-state index is 12.5. The molecule has 0 radical (unpaired) electrons. The van der Waals surface area contributed by atoms with E-state index in [1.165, 1.54) is 24.0 Å². The molecule has 2 aliphatic carbocycles. The van der Waals surface area contributed by atoms with Gasteiger partial charge in [-0.25, -0.2) is 0 Å². The van der Waals surface area contributed by atoms with Crippen molar-refractivity contribution >= 4 is 5.91 Å². The topological polar surface area (TPSA) is 51.2 Å². The standard InChI is InChI=1S/C30H34N2O2/c1-29(2)16-18-30(19-17-29,23-8-6-22(7-9-23)28(33)32-25-12-13-25)24-10-14-27(15-11-24)34-21-26-5-3-4-20-31-26/h3-11,14-15,20,25H,12-13,16-19,21H2,1-2H3,(H,32,33). The Morgan fingerprint density at radius 3 is 2.15 bits per heavy atom. The van der Waals surface area contributed by atoms with Crippen LogP contribution in [0.1, 0.15) is 79.6 Å². The minimum Gasteiger partial charge on any atom is -0.487 e. The number of nitrogens with zero attached hydrogens (tertiary/aromatic N) is 1. The second-order valence-corrected chi connectivity index (χ2v) is 10.7. The van der Waals surface area contributed by atoms with Crippen molar-refractivity contribution in [2.45, 2.75) is 70.4 Å². The zero-order valence-electron chi connectivity index (χ0n) is 20.2. The van der Waals surface area contributed by atoms with Crippen molar-refractivity contribution in [3.05, 3.63) is 95.3 Å². The summed E-state index contributed by atoms with van der Waals surface area (Å²) in [6.07, 6.45) is 8.54. The van der Waals surface area contributed by atoms with E-state index in [0.717, 1.165) is 42.7 Å². The van der Waals surface area contributed by atoms with E-state index in [9.17, 15) is 4.79 Å². The van der Waals surface area contributed by atoms with Crippen LogP contribution in [0.4, 0.5) is 0 Å². The molecule has 2 aliphatic rings. The normalized spacial score (nSPS) is 18.8. The highest BCUT2D eigenvalue weighted by molar-refractivity contribution is 5.94. The largest absolute Gasteiger partial charge is 0.487 e. The molecule has 2 fully saturated rings. The molecular weight excluding hydrogens is 420 g/mol. The molecule has 0 aliphatic heterocycles. The average molecular weight is 455 g/mol. The maximum Gasteiger partial charge on any atom is 0.251 e. The van der Waals surface area contributed by atoms with Crippen LogP contribution >= 0.6 is 0 Å². The second kappa shape index (κ2) is 9.25. The summed E-state index contributed by atoms with van der Waals surface area (Å²) in [5, 5.41) is 3.09. The molecule has 1 heterocycles. The smallest absolute Gasteiger partial charge is 0.251 e. The van der Waals surface area contributed by atoms with E-state index in [1.54, 1.807) is 6.20 Å². The van der Waals surface area contributed by atoms with E-state index in [1.807, 2.05) is 30.3 Å². The Hall–Kier alpha value is -3.14. The molecule has 4 nitrogen and oxygen atoms in total. The Kier molecular flexibility index (Phi) is 6.16. The number of pyridine rings is 1. The predicted molar refractivity (Wildman–Crippen MR) is 135 cm³/mol. The molecular formula is C30H34N2O2. The van der Waals surface area contributed by atoms with Crippen LogP contribution in [0.3, 0.4) is 0 Å². The first kappa shape index (κ1) is 22.6. The van der Waals surface area contributed by atoms with Gasteiger partial charge in [-0.1, -0.05) is 44.2 Å². The number of rotatable bonds is 7. The third kappa shape index (κ3) is 5.01. The highest BCUT2D eigenvalue weighted by Gasteiger charge is 2.41. The zero-order valence-corrected chi connectivity index (χ0v) is 20.2. The Morgan fingerprint density at radius 1 is 0.912 bits per heavy atom. The lowest BCUT2D eigenvalue weighted by molar-refractivity contribution is 0.0951. The molecule has 0 atom stereocenters. The molecule has 0 spiro atoms. The first-order valence-electron chi connectivity index (χ1n) is 12.5. The molecule has 2 saturated carbocycles. The lowest BCUT2D eigenvalue weighted by Crippen LogP contribution is -2.36. The molecule has 34 heavy (non-hydrogen) atoms. The van der Waals surface area contributed by atoms with Crippen molar-refractivity contribution in [3.8, 4) is 5.75 Å². The van der Waals surface area contributed by atoms with Gasteiger partial charge >= 0.3 is 0 Å². The molecule has 1 amide bonds. The van der Waals surface area contributed by atoms with Gasteiger partial charge in [-0.15, -0.1) is 0 Å². The molecule has 4 heteroatoms. The van der Waals surface area contributed by atoms with Crippen LogP contribution in [0.15, 0.2) is 72.9 Å². The average Bonchev–Trinajstić information content (AvgIpc) is 3.68. The number of nitrogens with one attached hydrogen (secondary N) is 1. The Morgan fingerprint density at radius 2 is 1.56 bits per heavy atom. The summed E-state index contributed by atoms with van der Waals surface area (Å²) in [6, 6.07) is 23.2. The monoisotopic (exact) mass is 454 g/mol. The maximum absolute atomic E-state index is 12.5. The zero-order chi connectivity index (χ0) is 23.6.